The average molecular weight is 459 g/mol. The lowest BCUT2D eigenvalue weighted by Gasteiger charge is -2.20. The fourth-order valence-electron chi connectivity index (χ4n) is 3.55. The number of thioether (sulfide) groups is 1. The van der Waals surface area contributed by atoms with Crippen molar-refractivity contribution in [3.05, 3.63) is 59.7 Å². The predicted octanol–water partition coefficient (Wildman–Crippen LogP) is 3.17. The van der Waals surface area contributed by atoms with Crippen molar-refractivity contribution < 1.29 is 29.1 Å². The molecule has 1 aliphatic rings. The number of aliphatic carboxylic acids is 1. The Bertz CT molecular complexity index is 937. The summed E-state index contributed by atoms with van der Waals surface area (Å²) in [7, 11) is 0. The highest BCUT2D eigenvalue weighted by molar-refractivity contribution is 7.98. The summed E-state index contributed by atoms with van der Waals surface area (Å²) in [6.45, 7) is 1.42. The third kappa shape index (κ3) is 5.60. The van der Waals surface area contributed by atoms with Crippen LogP contribution in [-0.2, 0) is 19.2 Å². The van der Waals surface area contributed by atoms with E-state index in [1.807, 2.05) is 42.7 Å². The van der Waals surface area contributed by atoms with Crippen LogP contribution >= 0.6 is 11.8 Å². The normalized spacial score (nSPS) is 14.1. The smallest absolute Gasteiger partial charge is 0.407 e. The largest absolute Gasteiger partial charge is 0.479 e. The number of carboxylic acids is 1. The molecule has 8 nitrogen and oxygen atoms in total. The van der Waals surface area contributed by atoms with E-state index in [1.54, 1.807) is 0 Å². The van der Waals surface area contributed by atoms with Crippen LogP contribution in [-0.4, -0.2) is 53.8 Å². The lowest BCUT2D eigenvalue weighted by atomic mass is 9.98. The van der Waals surface area contributed by atoms with Crippen molar-refractivity contribution in [2.24, 2.45) is 0 Å². The molecular weight excluding hydrogens is 432 g/mol. The van der Waals surface area contributed by atoms with E-state index < -0.39 is 30.1 Å². The van der Waals surface area contributed by atoms with Gasteiger partial charge in [0.2, 0.25) is 0 Å². The topological polar surface area (TPSA) is 114 Å². The average Bonchev–Trinajstić information content (AvgIpc) is 3.12. The van der Waals surface area contributed by atoms with Crippen molar-refractivity contribution in [3.63, 3.8) is 0 Å². The van der Waals surface area contributed by atoms with Gasteiger partial charge in [-0.3, -0.25) is 9.63 Å². The monoisotopic (exact) mass is 458 g/mol. The lowest BCUT2D eigenvalue weighted by molar-refractivity contribution is -0.159. The first kappa shape index (κ1) is 23.6. The standard InChI is InChI=1S/C23H26N2O6S/c1-14(22(27)28)31-25-21(26)20(11-12-32-2)24-23(29)30-13-19-17-9-5-3-7-15(17)16-8-4-6-10-18(16)19/h3-10,14,19-20H,11-13H2,1-2H3,(H,24,29)(H,25,26)(H,27,28)/t14?,20-/m1/s1. The van der Waals surface area contributed by atoms with Crippen LogP contribution in [0, 0.1) is 0 Å². The van der Waals surface area contributed by atoms with Crippen molar-refractivity contribution >= 4 is 29.7 Å². The van der Waals surface area contributed by atoms with Crippen LogP contribution in [0.25, 0.3) is 11.1 Å². The van der Waals surface area contributed by atoms with Crippen LogP contribution < -0.4 is 10.8 Å². The number of nitrogens with one attached hydrogen (secondary N) is 2. The van der Waals surface area contributed by atoms with E-state index >= 15 is 0 Å². The summed E-state index contributed by atoms with van der Waals surface area (Å²) in [5, 5.41) is 11.4. The number of alkyl carbamates (subject to hydrolysis) is 1. The van der Waals surface area contributed by atoms with Gasteiger partial charge >= 0.3 is 12.1 Å². The van der Waals surface area contributed by atoms with Crippen LogP contribution in [0.1, 0.15) is 30.4 Å². The second kappa shape index (κ2) is 11.0. The first-order valence-electron chi connectivity index (χ1n) is 10.2. The first-order chi connectivity index (χ1) is 15.4. The van der Waals surface area contributed by atoms with Gasteiger partial charge < -0.3 is 15.2 Å². The minimum Gasteiger partial charge on any atom is -0.479 e. The van der Waals surface area contributed by atoms with Crippen LogP contribution in [0.4, 0.5) is 4.79 Å². The molecule has 3 N–H and O–H groups in total. The van der Waals surface area contributed by atoms with Crippen LogP contribution in [0.5, 0.6) is 0 Å². The van der Waals surface area contributed by atoms with Crippen molar-refractivity contribution in [1.82, 2.24) is 10.8 Å². The zero-order valence-electron chi connectivity index (χ0n) is 17.9. The number of hydrogen-bond donors (Lipinski definition) is 3. The van der Waals surface area contributed by atoms with E-state index in [2.05, 4.69) is 22.9 Å². The number of hydrogen-bond acceptors (Lipinski definition) is 6. The van der Waals surface area contributed by atoms with Gasteiger partial charge in [0.05, 0.1) is 0 Å². The number of carboxylic acid groups (broad SMARTS) is 1. The zero-order valence-corrected chi connectivity index (χ0v) is 18.7. The number of benzene rings is 2. The maximum Gasteiger partial charge on any atom is 0.407 e. The molecule has 2 atom stereocenters. The molecule has 9 heteroatoms. The summed E-state index contributed by atoms with van der Waals surface area (Å²) in [5.41, 5.74) is 6.53. The number of carbonyl (C=O) groups is 3. The quantitative estimate of drug-likeness (QED) is 0.469. The van der Waals surface area contributed by atoms with Gasteiger partial charge in [0.1, 0.15) is 12.6 Å². The molecule has 170 valence electrons. The highest BCUT2D eigenvalue weighted by Gasteiger charge is 2.30. The fraction of sp³-hybridized carbons (Fsp3) is 0.348. The third-order valence-corrected chi connectivity index (χ3v) is 5.89. The molecule has 2 aromatic rings. The predicted molar refractivity (Wildman–Crippen MR) is 121 cm³/mol. The van der Waals surface area contributed by atoms with E-state index in [0.717, 1.165) is 22.3 Å². The van der Waals surface area contributed by atoms with Gasteiger partial charge in [-0.15, -0.1) is 0 Å². The summed E-state index contributed by atoms with van der Waals surface area (Å²) in [6.07, 6.45) is 0.279. The molecule has 0 saturated carbocycles. The molecular formula is C23H26N2O6S. The Hall–Kier alpha value is -3.04. The van der Waals surface area contributed by atoms with Gasteiger partial charge in [-0.25, -0.2) is 15.1 Å². The molecule has 3 rings (SSSR count). The number of fused-ring (bicyclic) bond motifs is 3. The summed E-state index contributed by atoms with van der Waals surface area (Å²) in [5.74, 6) is -1.33. The molecule has 0 fully saturated rings. The van der Waals surface area contributed by atoms with Crippen molar-refractivity contribution in [2.45, 2.75) is 31.4 Å². The molecule has 1 unspecified atom stereocenters. The first-order valence-corrected chi connectivity index (χ1v) is 11.6. The van der Waals surface area contributed by atoms with Crippen LogP contribution in [0.3, 0.4) is 0 Å². The highest BCUT2D eigenvalue weighted by atomic mass is 32.2. The Labute approximate surface area is 190 Å². The van der Waals surface area contributed by atoms with Crippen molar-refractivity contribution in [1.29, 1.82) is 0 Å². The second-order valence-electron chi connectivity index (χ2n) is 7.37. The molecule has 0 radical (unpaired) electrons. The Kier molecular flexibility index (Phi) is 8.13. The Morgan fingerprint density at radius 3 is 2.22 bits per heavy atom. The number of hydroxylamine groups is 1. The van der Waals surface area contributed by atoms with E-state index in [0.29, 0.717) is 12.2 Å². The summed E-state index contributed by atoms with van der Waals surface area (Å²) in [6, 6.07) is 15.1. The number of carbonyl (C=O) groups excluding carboxylic acids is 2. The zero-order chi connectivity index (χ0) is 23.1. The van der Waals surface area contributed by atoms with Crippen molar-refractivity contribution in [3.8, 4) is 11.1 Å². The molecule has 0 bridgehead atoms. The number of rotatable bonds is 10. The lowest BCUT2D eigenvalue weighted by Crippen LogP contribution is -2.48. The molecule has 0 heterocycles. The summed E-state index contributed by atoms with van der Waals surface area (Å²) in [4.78, 5) is 40.6. The molecule has 0 aliphatic heterocycles. The van der Waals surface area contributed by atoms with Gasteiger partial charge in [0.25, 0.3) is 5.91 Å². The SMILES string of the molecule is CSCC[C@@H](NC(=O)OCC1c2ccccc2-c2ccccc21)C(=O)NOC(C)C(=O)O. The highest BCUT2D eigenvalue weighted by Crippen LogP contribution is 2.44. The van der Waals surface area contributed by atoms with E-state index in [-0.39, 0.29) is 12.5 Å². The van der Waals surface area contributed by atoms with Gasteiger partial charge in [0.15, 0.2) is 6.10 Å². The molecule has 2 aromatic carbocycles. The molecule has 0 aromatic heterocycles. The van der Waals surface area contributed by atoms with E-state index in [9.17, 15) is 14.4 Å². The maximum atomic E-state index is 12.5. The van der Waals surface area contributed by atoms with E-state index in [4.69, 9.17) is 14.7 Å². The van der Waals surface area contributed by atoms with Crippen molar-refractivity contribution in [2.75, 3.05) is 18.6 Å². The molecule has 0 saturated heterocycles. The molecule has 32 heavy (non-hydrogen) atoms. The Morgan fingerprint density at radius 2 is 1.66 bits per heavy atom. The third-order valence-electron chi connectivity index (χ3n) is 5.25. The number of ether oxygens (including phenoxy) is 1. The fourth-order valence-corrected chi connectivity index (χ4v) is 4.03. The summed E-state index contributed by atoms with van der Waals surface area (Å²) >= 11 is 1.52. The van der Waals surface area contributed by atoms with Gasteiger partial charge in [-0.2, -0.15) is 11.8 Å². The Balaban J connectivity index is 1.61. The summed E-state index contributed by atoms with van der Waals surface area (Å²) < 4.78 is 5.49. The molecule has 0 spiro atoms. The van der Waals surface area contributed by atoms with Gasteiger partial charge in [0, 0.05) is 5.92 Å². The number of amides is 2. The molecule has 1 aliphatic carbocycles. The maximum absolute atomic E-state index is 12.5. The molecule has 2 amide bonds. The minimum atomic E-state index is -1.21. The van der Waals surface area contributed by atoms with Gasteiger partial charge in [-0.1, -0.05) is 48.5 Å². The second-order valence-corrected chi connectivity index (χ2v) is 8.35. The van der Waals surface area contributed by atoms with Crippen LogP contribution in [0.15, 0.2) is 48.5 Å². The minimum absolute atomic E-state index is 0.0913. The van der Waals surface area contributed by atoms with E-state index in [1.165, 1.54) is 18.7 Å². The van der Waals surface area contributed by atoms with Gasteiger partial charge in [-0.05, 0) is 47.6 Å². The van der Waals surface area contributed by atoms with Crippen LogP contribution in [0.2, 0.25) is 0 Å². The Morgan fingerprint density at radius 1 is 1.06 bits per heavy atom.